The van der Waals surface area contributed by atoms with E-state index < -0.39 is 0 Å². The zero-order valence-electron chi connectivity index (χ0n) is 11.4. The van der Waals surface area contributed by atoms with Crippen LogP contribution in [0, 0.1) is 12.7 Å². The van der Waals surface area contributed by atoms with Crippen LogP contribution < -0.4 is 10.6 Å². The standard InChI is InChI=1S/C15H16FN3S/c1-10-5-6-13(8-14(10)16)19-15(20)18-11(2)12-4-3-7-17-9-12/h3-9,11H,1-2H3,(H2,18,19,20)/t11-/m1/s1. The quantitative estimate of drug-likeness (QED) is 0.847. The average Bonchev–Trinajstić information content (AvgIpc) is 2.44. The monoisotopic (exact) mass is 289 g/mol. The Morgan fingerprint density at radius 2 is 2.15 bits per heavy atom. The highest BCUT2D eigenvalue weighted by Gasteiger charge is 2.07. The average molecular weight is 289 g/mol. The van der Waals surface area contributed by atoms with Crippen LogP contribution in [0.5, 0.6) is 0 Å². The van der Waals surface area contributed by atoms with Crippen LogP contribution in [0.15, 0.2) is 42.7 Å². The van der Waals surface area contributed by atoms with E-state index in [9.17, 15) is 4.39 Å². The van der Waals surface area contributed by atoms with Gasteiger partial charge in [0.25, 0.3) is 0 Å². The summed E-state index contributed by atoms with van der Waals surface area (Å²) in [5.41, 5.74) is 2.27. The topological polar surface area (TPSA) is 37.0 Å². The first-order valence-corrected chi connectivity index (χ1v) is 6.70. The number of aryl methyl sites for hydroxylation is 1. The molecule has 0 aliphatic rings. The van der Waals surface area contributed by atoms with Gasteiger partial charge >= 0.3 is 0 Å². The van der Waals surface area contributed by atoms with Crippen molar-refractivity contribution in [3.63, 3.8) is 0 Å². The van der Waals surface area contributed by atoms with Crippen molar-refractivity contribution in [2.75, 3.05) is 5.32 Å². The highest BCUT2D eigenvalue weighted by atomic mass is 32.1. The molecule has 104 valence electrons. The van der Waals surface area contributed by atoms with E-state index in [4.69, 9.17) is 12.2 Å². The van der Waals surface area contributed by atoms with Gasteiger partial charge < -0.3 is 10.6 Å². The molecule has 0 amide bonds. The minimum absolute atomic E-state index is 0.0268. The van der Waals surface area contributed by atoms with E-state index in [0.29, 0.717) is 16.4 Å². The Morgan fingerprint density at radius 3 is 2.80 bits per heavy atom. The summed E-state index contributed by atoms with van der Waals surface area (Å²) in [6.07, 6.45) is 3.51. The number of anilines is 1. The molecule has 2 rings (SSSR count). The van der Waals surface area contributed by atoms with Gasteiger partial charge in [-0.25, -0.2) is 4.39 Å². The lowest BCUT2D eigenvalue weighted by atomic mass is 10.1. The summed E-state index contributed by atoms with van der Waals surface area (Å²) in [6, 6.07) is 8.81. The third-order valence-corrected chi connectivity index (χ3v) is 3.18. The van der Waals surface area contributed by atoms with Crippen LogP contribution in [-0.4, -0.2) is 10.1 Å². The number of benzene rings is 1. The third kappa shape index (κ3) is 3.74. The summed E-state index contributed by atoms with van der Waals surface area (Å²) in [5.74, 6) is -0.252. The lowest BCUT2D eigenvalue weighted by Crippen LogP contribution is -2.30. The highest BCUT2D eigenvalue weighted by molar-refractivity contribution is 7.80. The molecule has 0 saturated carbocycles. The first-order valence-electron chi connectivity index (χ1n) is 6.30. The first kappa shape index (κ1) is 14.4. The van der Waals surface area contributed by atoms with Crippen molar-refractivity contribution in [2.24, 2.45) is 0 Å². The lowest BCUT2D eigenvalue weighted by molar-refractivity contribution is 0.619. The normalized spacial score (nSPS) is 11.8. The molecule has 20 heavy (non-hydrogen) atoms. The van der Waals surface area contributed by atoms with Crippen molar-refractivity contribution in [3.8, 4) is 0 Å². The number of nitrogens with zero attached hydrogens (tertiary/aromatic N) is 1. The molecule has 2 N–H and O–H groups in total. The van der Waals surface area contributed by atoms with E-state index >= 15 is 0 Å². The molecular formula is C15H16FN3S. The SMILES string of the molecule is Cc1ccc(NC(=S)N[C@H](C)c2cccnc2)cc1F. The molecule has 0 spiro atoms. The molecular weight excluding hydrogens is 273 g/mol. The second-order valence-electron chi connectivity index (χ2n) is 4.57. The molecule has 1 aromatic heterocycles. The van der Waals surface area contributed by atoms with Gasteiger partial charge in [0.15, 0.2) is 5.11 Å². The number of hydrogen-bond acceptors (Lipinski definition) is 2. The van der Waals surface area contributed by atoms with Crippen molar-refractivity contribution in [1.29, 1.82) is 0 Å². The zero-order valence-corrected chi connectivity index (χ0v) is 12.2. The van der Waals surface area contributed by atoms with Crippen LogP contribution in [0.1, 0.15) is 24.1 Å². The van der Waals surface area contributed by atoms with Crippen LogP contribution in [0.3, 0.4) is 0 Å². The minimum atomic E-state index is -0.252. The van der Waals surface area contributed by atoms with E-state index in [1.54, 1.807) is 31.5 Å². The molecule has 0 saturated heterocycles. The number of nitrogens with one attached hydrogen (secondary N) is 2. The first-order chi connectivity index (χ1) is 9.56. The summed E-state index contributed by atoms with van der Waals surface area (Å²) in [7, 11) is 0. The van der Waals surface area contributed by atoms with Gasteiger partial charge in [0.2, 0.25) is 0 Å². The van der Waals surface area contributed by atoms with Gasteiger partial charge in [-0.15, -0.1) is 0 Å². The smallest absolute Gasteiger partial charge is 0.171 e. The Hall–Kier alpha value is -2.01. The Bertz CT molecular complexity index is 601. The fourth-order valence-corrected chi connectivity index (χ4v) is 2.04. The largest absolute Gasteiger partial charge is 0.356 e. The fraction of sp³-hybridized carbons (Fsp3) is 0.200. The second-order valence-corrected chi connectivity index (χ2v) is 4.98. The maximum Gasteiger partial charge on any atom is 0.171 e. The van der Waals surface area contributed by atoms with Gasteiger partial charge in [0.05, 0.1) is 6.04 Å². The van der Waals surface area contributed by atoms with E-state index in [-0.39, 0.29) is 11.9 Å². The predicted molar refractivity (Wildman–Crippen MR) is 83.1 cm³/mol. The number of aromatic nitrogens is 1. The molecule has 0 fully saturated rings. The van der Waals surface area contributed by atoms with E-state index in [1.165, 1.54) is 6.07 Å². The van der Waals surface area contributed by atoms with Gasteiger partial charge in [-0.2, -0.15) is 0 Å². The Kier molecular flexibility index (Phi) is 4.63. The molecule has 5 heteroatoms. The van der Waals surface area contributed by atoms with Crippen LogP contribution >= 0.6 is 12.2 Å². The van der Waals surface area contributed by atoms with Gasteiger partial charge in [-0.3, -0.25) is 4.98 Å². The maximum atomic E-state index is 13.4. The summed E-state index contributed by atoms with van der Waals surface area (Å²) >= 11 is 5.22. The lowest BCUT2D eigenvalue weighted by Gasteiger charge is -2.17. The minimum Gasteiger partial charge on any atom is -0.356 e. The van der Waals surface area contributed by atoms with Gasteiger partial charge in [-0.05, 0) is 55.4 Å². The number of halogens is 1. The second kappa shape index (κ2) is 6.43. The molecule has 1 heterocycles. The zero-order chi connectivity index (χ0) is 14.5. The molecule has 2 aromatic rings. The van der Waals surface area contributed by atoms with Gasteiger partial charge in [-0.1, -0.05) is 12.1 Å². The van der Waals surface area contributed by atoms with Crippen LogP contribution in [-0.2, 0) is 0 Å². The third-order valence-electron chi connectivity index (χ3n) is 2.96. The molecule has 1 atom stereocenters. The highest BCUT2D eigenvalue weighted by Crippen LogP contribution is 2.14. The molecule has 0 aliphatic carbocycles. The van der Waals surface area contributed by atoms with E-state index in [0.717, 1.165) is 5.56 Å². The molecule has 0 radical (unpaired) electrons. The van der Waals surface area contributed by atoms with Crippen molar-refractivity contribution in [2.45, 2.75) is 19.9 Å². The molecule has 0 aliphatic heterocycles. The molecule has 3 nitrogen and oxygen atoms in total. The van der Waals surface area contributed by atoms with Crippen LogP contribution in [0.2, 0.25) is 0 Å². The van der Waals surface area contributed by atoms with Crippen molar-refractivity contribution in [1.82, 2.24) is 10.3 Å². The molecule has 0 unspecified atom stereocenters. The summed E-state index contributed by atoms with van der Waals surface area (Å²) in [6.45, 7) is 3.71. The van der Waals surface area contributed by atoms with E-state index in [2.05, 4.69) is 15.6 Å². The van der Waals surface area contributed by atoms with Crippen LogP contribution in [0.25, 0.3) is 0 Å². The predicted octanol–water partition coefficient (Wildman–Crippen LogP) is 3.58. The molecule has 1 aromatic carbocycles. The number of pyridine rings is 1. The van der Waals surface area contributed by atoms with Gasteiger partial charge in [0.1, 0.15) is 5.82 Å². The maximum absolute atomic E-state index is 13.4. The van der Waals surface area contributed by atoms with Gasteiger partial charge in [0, 0.05) is 18.1 Å². The number of hydrogen-bond donors (Lipinski definition) is 2. The summed E-state index contributed by atoms with van der Waals surface area (Å²) in [5, 5.41) is 6.56. The number of rotatable bonds is 3. The van der Waals surface area contributed by atoms with Crippen molar-refractivity contribution < 1.29 is 4.39 Å². The molecule has 0 bridgehead atoms. The van der Waals surface area contributed by atoms with E-state index in [1.807, 2.05) is 19.1 Å². The Morgan fingerprint density at radius 1 is 1.35 bits per heavy atom. The summed E-state index contributed by atoms with van der Waals surface area (Å²) in [4.78, 5) is 4.07. The van der Waals surface area contributed by atoms with Crippen LogP contribution in [0.4, 0.5) is 10.1 Å². The van der Waals surface area contributed by atoms with Crippen molar-refractivity contribution >= 4 is 23.0 Å². The van der Waals surface area contributed by atoms with Crippen molar-refractivity contribution in [3.05, 3.63) is 59.7 Å². The Labute approximate surface area is 123 Å². The Balaban J connectivity index is 1.97. The number of thiocarbonyl (C=S) groups is 1. The summed E-state index contributed by atoms with van der Waals surface area (Å²) < 4.78 is 13.4. The fourth-order valence-electron chi connectivity index (χ4n) is 1.75.